The zero-order valence-electron chi connectivity index (χ0n) is 24.8. The van der Waals surface area contributed by atoms with Crippen molar-refractivity contribution in [3.8, 4) is 5.75 Å². The van der Waals surface area contributed by atoms with Crippen molar-refractivity contribution in [1.29, 1.82) is 0 Å². The van der Waals surface area contributed by atoms with Gasteiger partial charge in [0.1, 0.15) is 18.3 Å². The SMILES string of the molecule is CCOc1ccccc1N(CC(=O)N(Cc1ccc(Cl)cc1)[C@H](CC)C(=O)N[C@@H](C)CC)S(=O)(=O)c1ccc(C)cc1. The molecule has 3 rings (SSSR count). The largest absolute Gasteiger partial charge is 0.492 e. The Morgan fingerprint density at radius 3 is 2.17 bits per heavy atom. The first-order chi connectivity index (χ1) is 20.0. The fourth-order valence-electron chi connectivity index (χ4n) is 4.44. The molecule has 1 N–H and O–H groups in total. The zero-order valence-corrected chi connectivity index (χ0v) is 26.4. The minimum atomic E-state index is -4.21. The predicted octanol–water partition coefficient (Wildman–Crippen LogP) is 5.96. The van der Waals surface area contributed by atoms with Gasteiger partial charge in [0.25, 0.3) is 10.0 Å². The van der Waals surface area contributed by atoms with Gasteiger partial charge in [-0.1, -0.05) is 67.4 Å². The molecular formula is C32H40ClN3O5S. The third kappa shape index (κ3) is 8.26. The summed E-state index contributed by atoms with van der Waals surface area (Å²) in [5.41, 5.74) is 1.89. The van der Waals surface area contributed by atoms with Crippen molar-refractivity contribution in [3.05, 3.63) is 88.9 Å². The molecule has 0 radical (unpaired) electrons. The Kier molecular flexibility index (Phi) is 11.8. The number of carbonyl (C=O) groups excluding carboxylic acids is 2. The fraction of sp³-hybridized carbons (Fsp3) is 0.375. The Hall–Kier alpha value is -3.56. The van der Waals surface area contributed by atoms with Crippen LogP contribution in [0, 0.1) is 6.92 Å². The third-order valence-electron chi connectivity index (χ3n) is 6.97. The van der Waals surface area contributed by atoms with E-state index in [0.717, 1.165) is 21.9 Å². The number of hydrogen-bond donors (Lipinski definition) is 1. The molecule has 0 aliphatic rings. The molecule has 0 unspecified atom stereocenters. The number of halogens is 1. The van der Waals surface area contributed by atoms with E-state index in [4.69, 9.17) is 16.3 Å². The molecule has 3 aromatic rings. The number of para-hydroxylation sites is 2. The van der Waals surface area contributed by atoms with Gasteiger partial charge in [0.05, 0.1) is 17.2 Å². The quantitative estimate of drug-likeness (QED) is 0.242. The summed E-state index contributed by atoms with van der Waals surface area (Å²) in [6.07, 6.45) is 1.06. The van der Waals surface area contributed by atoms with Crippen molar-refractivity contribution in [3.63, 3.8) is 0 Å². The summed E-state index contributed by atoms with van der Waals surface area (Å²) in [6.45, 7) is 9.22. The topological polar surface area (TPSA) is 96.0 Å². The minimum Gasteiger partial charge on any atom is -0.492 e. The van der Waals surface area contributed by atoms with Crippen molar-refractivity contribution >= 4 is 39.1 Å². The van der Waals surface area contributed by atoms with Crippen molar-refractivity contribution < 1.29 is 22.7 Å². The Balaban J connectivity index is 2.10. The molecule has 2 atom stereocenters. The number of carbonyl (C=O) groups is 2. The second kappa shape index (κ2) is 15.1. The first-order valence-corrected chi connectivity index (χ1v) is 16.0. The summed E-state index contributed by atoms with van der Waals surface area (Å²) in [7, 11) is -4.21. The minimum absolute atomic E-state index is 0.0398. The van der Waals surface area contributed by atoms with E-state index in [0.29, 0.717) is 23.8 Å². The lowest BCUT2D eigenvalue weighted by molar-refractivity contribution is -0.140. The lowest BCUT2D eigenvalue weighted by Crippen LogP contribution is -2.53. The number of ether oxygens (including phenoxy) is 1. The first kappa shape index (κ1) is 32.9. The predicted molar refractivity (Wildman–Crippen MR) is 167 cm³/mol. The van der Waals surface area contributed by atoms with Crippen LogP contribution in [-0.4, -0.2) is 50.4 Å². The van der Waals surface area contributed by atoms with Gasteiger partial charge in [0.2, 0.25) is 11.8 Å². The van der Waals surface area contributed by atoms with E-state index >= 15 is 0 Å². The molecule has 0 spiro atoms. The molecule has 2 amide bonds. The van der Waals surface area contributed by atoms with Crippen LogP contribution < -0.4 is 14.4 Å². The first-order valence-electron chi connectivity index (χ1n) is 14.2. The normalized spacial score (nSPS) is 12.7. The van der Waals surface area contributed by atoms with Crippen LogP contribution >= 0.6 is 11.6 Å². The molecule has 0 saturated heterocycles. The number of sulfonamides is 1. The Bertz CT molecular complexity index is 1450. The molecule has 0 aromatic heterocycles. The second-order valence-electron chi connectivity index (χ2n) is 10.1. The van der Waals surface area contributed by atoms with E-state index in [9.17, 15) is 18.0 Å². The molecule has 42 heavy (non-hydrogen) atoms. The number of benzene rings is 3. The zero-order chi connectivity index (χ0) is 30.9. The van der Waals surface area contributed by atoms with E-state index in [-0.39, 0.29) is 29.1 Å². The number of anilines is 1. The molecule has 3 aromatic carbocycles. The van der Waals surface area contributed by atoms with Gasteiger partial charge in [0, 0.05) is 17.6 Å². The lowest BCUT2D eigenvalue weighted by atomic mass is 10.1. The van der Waals surface area contributed by atoms with Gasteiger partial charge in [-0.05, 0) is 75.6 Å². The summed E-state index contributed by atoms with van der Waals surface area (Å²) in [5.74, 6) is -0.496. The lowest BCUT2D eigenvalue weighted by Gasteiger charge is -2.34. The van der Waals surface area contributed by atoms with Crippen molar-refractivity contribution in [2.24, 2.45) is 0 Å². The van der Waals surface area contributed by atoms with Gasteiger partial charge in [0.15, 0.2) is 0 Å². The highest BCUT2D eigenvalue weighted by Gasteiger charge is 2.35. The van der Waals surface area contributed by atoms with E-state index < -0.39 is 28.5 Å². The molecular weight excluding hydrogens is 574 g/mol. The standard InChI is InChI=1S/C32H40ClN3O5S/c1-6-24(5)34-32(38)28(7-2)35(21-25-15-17-26(33)18-16-25)31(37)22-36(29-11-9-10-12-30(29)41-8-3)42(39,40)27-19-13-23(4)14-20-27/h9-20,24,28H,6-8,21-22H2,1-5H3,(H,34,38)/t24-,28+/m0/s1. The summed E-state index contributed by atoms with van der Waals surface area (Å²) in [6, 6.07) is 19.3. The van der Waals surface area contributed by atoms with Crippen LogP contribution in [0.2, 0.25) is 5.02 Å². The van der Waals surface area contributed by atoms with Crippen LogP contribution in [0.25, 0.3) is 0 Å². The summed E-state index contributed by atoms with van der Waals surface area (Å²) in [4.78, 5) is 29.1. The van der Waals surface area contributed by atoms with Gasteiger partial charge in [-0.2, -0.15) is 0 Å². The molecule has 0 saturated carbocycles. The molecule has 226 valence electrons. The molecule has 0 aliphatic carbocycles. The highest BCUT2D eigenvalue weighted by Crippen LogP contribution is 2.33. The van der Waals surface area contributed by atoms with Gasteiger partial charge >= 0.3 is 0 Å². The average molecular weight is 614 g/mol. The maximum Gasteiger partial charge on any atom is 0.264 e. The average Bonchev–Trinajstić information content (AvgIpc) is 2.97. The van der Waals surface area contributed by atoms with Gasteiger partial charge in [-0.15, -0.1) is 0 Å². The van der Waals surface area contributed by atoms with Crippen LogP contribution in [0.3, 0.4) is 0 Å². The number of amides is 2. The molecule has 10 heteroatoms. The number of nitrogens with one attached hydrogen (secondary N) is 1. The maximum absolute atomic E-state index is 14.2. The number of nitrogens with zero attached hydrogens (tertiary/aromatic N) is 2. The van der Waals surface area contributed by atoms with Crippen LogP contribution in [0.5, 0.6) is 5.75 Å². The second-order valence-corrected chi connectivity index (χ2v) is 12.4. The highest BCUT2D eigenvalue weighted by atomic mass is 35.5. The Labute approximate surface area is 254 Å². The fourth-order valence-corrected chi connectivity index (χ4v) is 5.99. The molecule has 0 aliphatic heterocycles. The van der Waals surface area contributed by atoms with E-state index in [1.807, 2.05) is 27.7 Å². The van der Waals surface area contributed by atoms with Crippen LogP contribution in [0.15, 0.2) is 77.7 Å². The van der Waals surface area contributed by atoms with E-state index in [2.05, 4.69) is 5.32 Å². The number of hydrogen-bond acceptors (Lipinski definition) is 5. The van der Waals surface area contributed by atoms with Crippen molar-refractivity contribution in [2.75, 3.05) is 17.5 Å². The van der Waals surface area contributed by atoms with Gasteiger partial charge < -0.3 is 15.0 Å². The third-order valence-corrected chi connectivity index (χ3v) is 9.00. The van der Waals surface area contributed by atoms with E-state index in [1.54, 1.807) is 67.6 Å². The summed E-state index contributed by atoms with van der Waals surface area (Å²) >= 11 is 6.09. The molecule has 0 bridgehead atoms. The Morgan fingerprint density at radius 2 is 1.57 bits per heavy atom. The maximum atomic E-state index is 14.2. The van der Waals surface area contributed by atoms with E-state index in [1.165, 1.54) is 17.0 Å². The number of rotatable bonds is 14. The Morgan fingerprint density at radius 1 is 0.929 bits per heavy atom. The smallest absolute Gasteiger partial charge is 0.264 e. The summed E-state index contributed by atoms with van der Waals surface area (Å²) in [5, 5.41) is 3.52. The molecule has 0 heterocycles. The molecule has 0 fully saturated rings. The van der Waals surface area contributed by atoms with Crippen LogP contribution in [0.4, 0.5) is 5.69 Å². The van der Waals surface area contributed by atoms with Gasteiger partial charge in [-0.3, -0.25) is 13.9 Å². The van der Waals surface area contributed by atoms with Gasteiger partial charge in [-0.25, -0.2) is 8.42 Å². The van der Waals surface area contributed by atoms with Crippen LogP contribution in [0.1, 0.15) is 51.7 Å². The monoisotopic (exact) mass is 613 g/mol. The van der Waals surface area contributed by atoms with Crippen LogP contribution in [-0.2, 0) is 26.2 Å². The molecule has 8 nitrogen and oxygen atoms in total. The van der Waals surface area contributed by atoms with Crippen molar-refractivity contribution in [1.82, 2.24) is 10.2 Å². The number of aryl methyl sites for hydroxylation is 1. The van der Waals surface area contributed by atoms with Crippen molar-refractivity contribution in [2.45, 2.75) is 71.0 Å². The highest BCUT2D eigenvalue weighted by molar-refractivity contribution is 7.92. The summed E-state index contributed by atoms with van der Waals surface area (Å²) < 4.78 is 35.1.